The van der Waals surface area contributed by atoms with E-state index in [4.69, 9.17) is 0 Å². The molecule has 1 aromatic carbocycles. The van der Waals surface area contributed by atoms with Gasteiger partial charge in [0.15, 0.2) is 0 Å². The molecule has 5 nitrogen and oxygen atoms in total. The second-order valence-corrected chi connectivity index (χ2v) is 8.82. The third kappa shape index (κ3) is 3.88. The van der Waals surface area contributed by atoms with Gasteiger partial charge in [0.2, 0.25) is 11.8 Å². The minimum atomic E-state index is -0.359. The predicted molar refractivity (Wildman–Crippen MR) is 105 cm³/mol. The van der Waals surface area contributed by atoms with Crippen LogP contribution in [0, 0.1) is 5.92 Å². The fraction of sp³-hybridized carbons (Fsp3) is 0.636. The minimum Gasteiger partial charge on any atom is -0.339 e. The molecule has 0 saturated carbocycles. The smallest absolute Gasteiger partial charge is 0.245 e. The van der Waals surface area contributed by atoms with E-state index in [0.717, 1.165) is 25.9 Å². The monoisotopic (exact) mass is 369 g/mol. The first-order valence-electron chi connectivity index (χ1n) is 10.4. The number of benzene rings is 1. The van der Waals surface area contributed by atoms with E-state index < -0.39 is 0 Å². The fourth-order valence-corrected chi connectivity index (χ4v) is 4.83. The average Bonchev–Trinajstić information content (AvgIpc) is 2.98. The zero-order valence-corrected chi connectivity index (χ0v) is 16.5. The summed E-state index contributed by atoms with van der Waals surface area (Å²) < 4.78 is 0. The van der Waals surface area contributed by atoms with Gasteiger partial charge in [-0.3, -0.25) is 9.59 Å². The number of rotatable bonds is 3. The largest absolute Gasteiger partial charge is 0.339 e. The number of amides is 2. The molecule has 3 atom stereocenters. The first-order valence-corrected chi connectivity index (χ1v) is 10.4. The summed E-state index contributed by atoms with van der Waals surface area (Å²) >= 11 is 0. The van der Waals surface area contributed by atoms with Gasteiger partial charge in [0.05, 0.1) is 0 Å². The van der Waals surface area contributed by atoms with Crippen LogP contribution in [0.25, 0.3) is 0 Å². The number of hydrogen-bond donors (Lipinski definition) is 1. The van der Waals surface area contributed by atoms with Gasteiger partial charge in [-0.2, -0.15) is 0 Å². The third-order valence-corrected chi connectivity index (χ3v) is 6.27. The Bertz CT molecular complexity index is 717. The van der Waals surface area contributed by atoms with E-state index in [0.29, 0.717) is 37.4 Å². The molecule has 146 valence electrons. The molecule has 3 aliphatic heterocycles. The summed E-state index contributed by atoms with van der Waals surface area (Å²) in [5.41, 5.74) is 2.38. The molecule has 4 rings (SSSR count). The minimum absolute atomic E-state index is 0.104. The molecule has 1 N–H and O–H groups in total. The molecule has 5 heteroatoms. The van der Waals surface area contributed by atoms with Crippen LogP contribution in [0.2, 0.25) is 0 Å². The average molecular weight is 370 g/mol. The Kier molecular flexibility index (Phi) is 5.22. The Morgan fingerprint density at radius 1 is 1.11 bits per heavy atom. The SMILES string of the molecule is CC(C)CC(=O)N1Cc2ccccc2CC1C(=O)N1CCC2CCC(C1)N2. The van der Waals surface area contributed by atoms with Gasteiger partial charge >= 0.3 is 0 Å². The number of nitrogens with zero attached hydrogens (tertiary/aromatic N) is 2. The van der Waals surface area contributed by atoms with E-state index in [1.54, 1.807) is 0 Å². The quantitative estimate of drug-likeness (QED) is 0.890. The van der Waals surface area contributed by atoms with Crippen molar-refractivity contribution in [2.24, 2.45) is 5.92 Å². The van der Waals surface area contributed by atoms with E-state index >= 15 is 0 Å². The molecule has 1 aromatic rings. The van der Waals surface area contributed by atoms with Crippen LogP contribution in [0.3, 0.4) is 0 Å². The van der Waals surface area contributed by atoms with Gasteiger partial charge in [-0.15, -0.1) is 0 Å². The first-order chi connectivity index (χ1) is 13.0. The number of fused-ring (bicyclic) bond motifs is 3. The van der Waals surface area contributed by atoms with Crippen LogP contribution >= 0.6 is 0 Å². The molecule has 0 spiro atoms. The standard InChI is InChI=1S/C22H31N3O2/c1-15(2)11-21(26)25-13-17-6-4-3-5-16(17)12-20(25)22(27)24-10-9-18-7-8-19(14-24)23-18/h3-6,15,18-20,23H,7-14H2,1-2H3. The molecule has 3 heterocycles. The summed E-state index contributed by atoms with van der Waals surface area (Å²) in [6.07, 6.45) is 4.53. The molecular weight excluding hydrogens is 338 g/mol. The fourth-order valence-electron chi connectivity index (χ4n) is 4.83. The van der Waals surface area contributed by atoms with Crippen molar-refractivity contribution < 1.29 is 9.59 Å². The molecule has 2 amide bonds. The lowest BCUT2D eigenvalue weighted by Crippen LogP contribution is -2.55. The van der Waals surface area contributed by atoms with Crippen molar-refractivity contribution in [1.29, 1.82) is 0 Å². The van der Waals surface area contributed by atoms with Crippen LogP contribution in [0.5, 0.6) is 0 Å². The molecule has 2 fully saturated rings. The van der Waals surface area contributed by atoms with Gasteiger partial charge < -0.3 is 15.1 Å². The molecule has 2 bridgehead atoms. The zero-order valence-electron chi connectivity index (χ0n) is 16.5. The highest BCUT2D eigenvalue weighted by atomic mass is 16.2. The molecule has 0 aromatic heterocycles. The number of carbonyl (C=O) groups excluding carboxylic acids is 2. The maximum atomic E-state index is 13.5. The highest BCUT2D eigenvalue weighted by Crippen LogP contribution is 2.27. The molecule has 2 saturated heterocycles. The Morgan fingerprint density at radius 2 is 1.85 bits per heavy atom. The zero-order chi connectivity index (χ0) is 19.0. The summed E-state index contributed by atoms with van der Waals surface area (Å²) in [5, 5.41) is 3.64. The first kappa shape index (κ1) is 18.5. The van der Waals surface area contributed by atoms with Gasteiger partial charge in [-0.25, -0.2) is 0 Å². The summed E-state index contributed by atoms with van der Waals surface area (Å²) in [6.45, 7) is 6.25. The maximum absolute atomic E-state index is 13.5. The molecule has 27 heavy (non-hydrogen) atoms. The van der Waals surface area contributed by atoms with Crippen LogP contribution in [0.15, 0.2) is 24.3 Å². The predicted octanol–water partition coefficient (Wildman–Crippen LogP) is 2.34. The molecule has 3 aliphatic rings. The Morgan fingerprint density at radius 3 is 2.63 bits per heavy atom. The normalized spacial score (nSPS) is 27.4. The van der Waals surface area contributed by atoms with Crippen molar-refractivity contribution in [1.82, 2.24) is 15.1 Å². The third-order valence-electron chi connectivity index (χ3n) is 6.27. The van der Waals surface area contributed by atoms with Crippen molar-refractivity contribution in [3.05, 3.63) is 35.4 Å². The summed E-state index contributed by atoms with van der Waals surface area (Å²) in [6, 6.07) is 8.84. The lowest BCUT2D eigenvalue weighted by Gasteiger charge is -2.39. The van der Waals surface area contributed by atoms with Gasteiger partial charge in [-0.05, 0) is 36.3 Å². The van der Waals surface area contributed by atoms with Crippen LogP contribution in [0.1, 0.15) is 50.7 Å². The van der Waals surface area contributed by atoms with Gasteiger partial charge in [0.1, 0.15) is 6.04 Å². The highest BCUT2D eigenvalue weighted by molar-refractivity contribution is 5.88. The summed E-state index contributed by atoms with van der Waals surface area (Å²) in [4.78, 5) is 30.3. The number of hydrogen-bond acceptors (Lipinski definition) is 3. The van der Waals surface area contributed by atoms with Crippen LogP contribution in [-0.2, 0) is 22.6 Å². The van der Waals surface area contributed by atoms with Crippen molar-refractivity contribution in [3.63, 3.8) is 0 Å². The van der Waals surface area contributed by atoms with Crippen LogP contribution in [0.4, 0.5) is 0 Å². The van der Waals surface area contributed by atoms with E-state index in [9.17, 15) is 9.59 Å². The van der Waals surface area contributed by atoms with E-state index in [1.165, 1.54) is 17.5 Å². The van der Waals surface area contributed by atoms with E-state index in [1.807, 2.05) is 21.9 Å². The molecule has 3 unspecified atom stereocenters. The van der Waals surface area contributed by atoms with Crippen molar-refractivity contribution in [2.75, 3.05) is 13.1 Å². The Hall–Kier alpha value is -1.88. The molecular formula is C22H31N3O2. The topological polar surface area (TPSA) is 52.7 Å². The summed E-state index contributed by atoms with van der Waals surface area (Å²) in [5.74, 6) is 0.534. The van der Waals surface area contributed by atoms with Crippen LogP contribution in [-0.4, -0.2) is 52.8 Å². The van der Waals surface area contributed by atoms with Gasteiger partial charge in [0.25, 0.3) is 0 Å². The number of likely N-dealkylation sites (tertiary alicyclic amines) is 1. The number of carbonyl (C=O) groups is 2. The van der Waals surface area contributed by atoms with Crippen LogP contribution < -0.4 is 5.32 Å². The Balaban J connectivity index is 1.57. The Labute approximate surface area is 162 Å². The second-order valence-electron chi connectivity index (χ2n) is 8.82. The van der Waals surface area contributed by atoms with Crippen molar-refractivity contribution in [2.45, 2.75) is 70.6 Å². The number of nitrogens with one attached hydrogen (secondary N) is 1. The molecule has 0 radical (unpaired) electrons. The molecule has 0 aliphatic carbocycles. The highest BCUT2D eigenvalue weighted by Gasteiger charge is 2.39. The lowest BCUT2D eigenvalue weighted by molar-refractivity contribution is -0.147. The summed E-state index contributed by atoms with van der Waals surface area (Å²) in [7, 11) is 0. The van der Waals surface area contributed by atoms with E-state index in [2.05, 4.69) is 31.3 Å². The van der Waals surface area contributed by atoms with Gasteiger partial charge in [-0.1, -0.05) is 38.1 Å². The maximum Gasteiger partial charge on any atom is 0.245 e. The van der Waals surface area contributed by atoms with Gasteiger partial charge in [0, 0.05) is 44.6 Å². The van der Waals surface area contributed by atoms with E-state index in [-0.39, 0.29) is 17.9 Å². The lowest BCUT2D eigenvalue weighted by atomic mass is 9.92. The van der Waals surface area contributed by atoms with Crippen molar-refractivity contribution >= 4 is 11.8 Å². The second kappa shape index (κ2) is 7.63. The van der Waals surface area contributed by atoms with Crippen molar-refractivity contribution in [3.8, 4) is 0 Å².